The zero-order valence-corrected chi connectivity index (χ0v) is 12.8. The SMILES string of the molecule is Cn1nccc1Nc1nccc(-c2ccn3c(CO)nnc3c2)n1. The number of fused-ring (bicyclic) bond motifs is 1. The Morgan fingerprint density at radius 1 is 1.17 bits per heavy atom. The Kier molecular flexibility index (Phi) is 3.39. The van der Waals surface area contributed by atoms with E-state index in [1.54, 1.807) is 21.5 Å². The van der Waals surface area contributed by atoms with Crippen LogP contribution in [0.25, 0.3) is 16.9 Å². The molecule has 0 saturated heterocycles. The molecule has 0 radical (unpaired) electrons. The summed E-state index contributed by atoms with van der Waals surface area (Å²) < 4.78 is 3.44. The third kappa shape index (κ3) is 2.46. The van der Waals surface area contributed by atoms with Crippen LogP contribution in [0.1, 0.15) is 5.82 Å². The molecular weight excluding hydrogens is 308 g/mol. The molecule has 0 aromatic carbocycles. The highest BCUT2D eigenvalue weighted by Crippen LogP contribution is 2.20. The summed E-state index contributed by atoms with van der Waals surface area (Å²) in [6.45, 7) is -0.160. The first-order valence-corrected chi connectivity index (χ1v) is 7.27. The largest absolute Gasteiger partial charge is 0.388 e. The second kappa shape index (κ2) is 5.70. The minimum absolute atomic E-state index is 0.160. The highest BCUT2D eigenvalue weighted by atomic mass is 16.3. The lowest BCUT2D eigenvalue weighted by Crippen LogP contribution is -2.03. The smallest absolute Gasteiger partial charge is 0.228 e. The Morgan fingerprint density at radius 3 is 2.88 bits per heavy atom. The van der Waals surface area contributed by atoms with Crippen LogP contribution in [-0.2, 0) is 13.7 Å². The van der Waals surface area contributed by atoms with Crippen LogP contribution in [0.4, 0.5) is 11.8 Å². The van der Waals surface area contributed by atoms with Gasteiger partial charge in [0.25, 0.3) is 0 Å². The Labute approximate surface area is 136 Å². The van der Waals surface area contributed by atoms with E-state index in [0.717, 1.165) is 17.1 Å². The van der Waals surface area contributed by atoms with Gasteiger partial charge in [0.1, 0.15) is 12.4 Å². The molecule has 0 aliphatic heterocycles. The zero-order valence-electron chi connectivity index (χ0n) is 12.8. The summed E-state index contributed by atoms with van der Waals surface area (Å²) in [6, 6.07) is 7.42. The highest BCUT2D eigenvalue weighted by Gasteiger charge is 2.08. The van der Waals surface area contributed by atoms with Crippen molar-refractivity contribution in [3.8, 4) is 11.3 Å². The third-order valence-electron chi connectivity index (χ3n) is 3.63. The van der Waals surface area contributed by atoms with Gasteiger partial charge in [0.05, 0.1) is 11.9 Å². The zero-order chi connectivity index (χ0) is 16.5. The molecule has 4 aromatic rings. The molecule has 4 rings (SSSR count). The van der Waals surface area contributed by atoms with Crippen LogP contribution < -0.4 is 5.32 Å². The van der Waals surface area contributed by atoms with Gasteiger partial charge >= 0.3 is 0 Å². The molecule has 0 amide bonds. The molecule has 0 spiro atoms. The fraction of sp³-hybridized carbons (Fsp3) is 0.133. The standard InChI is InChI=1S/C15H14N8O/c1-22-12(3-6-17-22)19-15-16-5-2-11(18-15)10-4-7-23-13(8-10)20-21-14(23)9-24/h2-8,24H,9H2,1H3,(H,16,18,19). The van der Waals surface area contributed by atoms with Gasteiger partial charge in [0, 0.05) is 31.1 Å². The summed E-state index contributed by atoms with van der Waals surface area (Å²) in [5.41, 5.74) is 2.29. The normalized spacial score (nSPS) is 11.1. The Balaban J connectivity index is 1.69. The molecule has 4 aromatic heterocycles. The number of hydrogen-bond donors (Lipinski definition) is 2. The number of rotatable bonds is 4. The molecular formula is C15H14N8O. The van der Waals surface area contributed by atoms with E-state index >= 15 is 0 Å². The van der Waals surface area contributed by atoms with E-state index in [4.69, 9.17) is 0 Å². The average Bonchev–Trinajstić information content (AvgIpc) is 3.20. The van der Waals surface area contributed by atoms with Crippen LogP contribution in [0.15, 0.2) is 42.9 Å². The van der Waals surface area contributed by atoms with Crippen molar-refractivity contribution in [2.45, 2.75) is 6.61 Å². The van der Waals surface area contributed by atoms with E-state index in [1.165, 1.54) is 0 Å². The molecule has 0 unspecified atom stereocenters. The lowest BCUT2D eigenvalue weighted by Gasteiger charge is -2.07. The first kappa shape index (κ1) is 14.3. The number of aliphatic hydroxyl groups excluding tert-OH is 1. The van der Waals surface area contributed by atoms with Gasteiger partial charge < -0.3 is 10.4 Å². The molecule has 0 bridgehead atoms. The van der Waals surface area contributed by atoms with Crippen LogP contribution in [-0.4, -0.2) is 39.5 Å². The minimum atomic E-state index is -0.160. The van der Waals surface area contributed by atoms with Gasteiger partial charge in [-0.3, -0.25) is 9.08 Å². The van der Waals surface area contributed by atoms with Crippen molar-refractivity contribution in [2.24, 2.45) is 7.05 Å². The van der Waals surface area contributed by atoms with Crippen LogP contribution in [0.5, 0.6) is 0 Å². The maximum atomic E-state index is 9.23. The Morgan fingerprint density at radius 2 is 2.08 bits per heavy atom. The summed E-state index contributed by atoms with van der Waals surface area (Å²) in [5.74, 6) is 1.78. The minimum Gasteiger partial charge on any atom is -0.388 e. The van der Waals surface area contributed by atoms with Crippen molar-refractivity contribution >= 4 is 17.4 Å². The van der Waals surface area contributed by atoms with Crippen molar-refractivity contribution in [1.82, 2.24) is 34.3 Å². The van der Waals surface area contributed by atoms with Gasteiger partial charge in [-0.1, -0.05) is 0 Å². The number of pyridine rings is 1. The van der Waals surface area contributed by atoms with Crippen LogP contribution >= 0.6 is 0 Å². The van der Waals surface area contributed by atoms with Crippen molar-refractivity contribution < 1.29 is 5.11 Å². The summed E-state index contributed by atoms with van der Waals surface area (Å²) in [5, 5.41) is 24.4. The topological polar surface area (TPSA) is 106 Å². The first-order valence-electron chi connectivity index (χ1n) is 7.27. The van der Waals surface area contributed by atoms with Crippen molar-refractivity contribution in [2.75, 3.05) is 5.32 Å². The number of aliphatic hydroxyl groups is 1. The number of aryl methyl sites for hydroxylation is 1. The summed E-state index contributed by atoms with van der Waals surface area (Å²) in [7, 11) is 1.84. The predicted octanol–water partition coefficient (Wildman–Crippen LogP) is 1.16. The lowest BCUT2D eigenvalue weighted by molar-refractivity contribution is 0.270. The summed E-state index contributed by atoms with van der Waals surface area (Å²) in [4.78, 5) is 8.75. The molecule has 24 heavy (non-hydrogen) atoms. The molecule has 0 aliphatic rings. The second-order valence-corrected chi connectivity index (χ2v) is 5.15. The van der Waals surface area contributed by atoms with Crippen LogP contribution in [0, 0.1) is 0 Å². The molecule has 0 fully saturated rings. The van der Waals surface area contributed by atoms with Crippen LogP contribution in [0.3, 0.4) is 0 Å². The van der Waals surface area contributed by atoms with E-state index in [9.17, 15) is 5.11 Å². The second-order valence-electron chi connectivity index (χ2n) is 5.15. The molecule has 0 atom stereocenters. The molecule has 4 heterocycles. The fourth-order valence-electron chi connectivity index (χ4n) is 2.40. The summed E-state index contributed by atoms with van der Waals surface area (Å²) in [6.07, 6.45) is 5.20. The maximum absolute atomic E-state index is 9.23. The number of aromatic nitrogens is 7. The summed E-state index contributed by atoms with van der Waals surface area (Å²) >= 11 is 0. The van der Waals surface area contributed by atoms with E-state index in [-0.39, 0.29) is 6.61 Å². The molecule has 120 valence electrons. The van der Waals surface area contributed by atoms with E-state index < -0.39 is 0 Å². The molecule has 0 aliphatic carbocycles. The Bertz CT molecular complexity index is 1010. The first-order chi connectivity index (χ1) is 11.7. The number of anilines is 2. The van der Waals surface area contributed by atoms with Gasteiger partial charge in [-0.2, -0.15) is 5.10 Å². The molecule has 0 saturated carbocycles. The van der Waals surface area contributed by atoms with Crippen molar-refractivity contribution in [1.29, 1.82) is 0 Å². The molecule has 9 heteroatoms. The number of nitrogens with zero attached hydrogens (tertiary/aromatic N) is 7. The average molecular weight is 322 g/mol. The highest BCUT2D eigenvalue weighted by molar-refractivity contribution is 5.65. The lowest BCUT2D eigenvalue weighted by atomic mass is 10.2. The quantitative estimate of drug-likeness (QED) is 0.580. The van der Waals surface area contributed by atoms with Crippen LogP contribution in [0.2, 0.25) is 0 Å². The van der Waals surface area contributed by atoms with E-state index in [0.29, 0.717) is 17.4 Å². The monoisotopic (exact) mass is 322 g/mol. The van der Waals surface area contributed by atoms with Gasteiger partial charge in [0.15, 0.2) is 11.5 Å². The van der Waals surface area contributed by atoms with Gasteiger partial charge in [-0.15, -0.1) is 10.2 Å². The number of hydrogen-bond acceptors (Lipinski definition) is 7. The maximum Gasteiger partial charge on any atom is 0.228 e. The van der Waals surface area contributed by atoms with Gasteiger partial charge in [-0.05, 0) is 18.2 Å². The Hall–Kier alpha value is -3.33. The van der Waals surface area contributed by atoms with Crippen molar-refractivity contribution in [3.05, 3.63) is 48.7 Å². The third-order valence-corrected chi connectivity index (χ3v) is 3.63. The van der Waals surface area contributed by atoms with E-state index in [2.05, 4.69) is 30.6 Å². The molecule has 2 N–H and O–H groups in total. The molecule has 9 nitrogen and oxygen atoms in total. The predicted molar refractivity (Wildman–Crippen MR) is 86.4 cm³/mol. The number of nitrogens with one attached hydrogen (secondary N) is 1. The van der Waals surface area contributed by atoms with Gasteiger partial charge in [-0.25, -0.2) is 9.97 Å². The van der Waals surface area contributed by atoms with Gasteiger partial charge in [0.2, 0.25) is 5.95 Å². The fourth-order valence-corrected chi connectivity index (χ4v) is 2.40. The van der Waals surface area contributed by atoms with Crippen molar-refractivity contribution in [3.63, 3.8) is 0 Å². The van der Waals surface area contributed by atoms with E-state index in [1.807, 2.05) is 37.5 Å².